The maximum atomic E-state index is 12.3. The molecule has 8 heteroatoms. The third-order valence-corrected chi connectivity index (χ3v) is 4.90. The van der Waals surface area contributed by atoms with Gasteiger partial charge in [0.1, 0.15) is 0 Å². The van der Waals surface area contributed by atoms with Crippen molar-refractivity contribution in [3.63, 3.8) is 0 Å². The lowest BCUT2D eigenvalue weighted by atomic mass is 10.2. The second-order valence-electron chi connectivity index (χ2n) is 5.68. The van der Waals surface area contributed by atoms with Crippen molar-refractivity contribution < 1.29 is 14.3 Å². The van der Waals surface area contributed by atoms with Gasteiger partial charge in [0, 0.05) is 31.9 Å². The monoisotopic (exact) mass is 360 g/mol. The number of ether oxygens (including phenoxy) is 1. The number of hydrogen-bond donors (Lipinski definition) is 0. The van der Waals surface area contributed by atoms with Crippen molar-refractivity contribution in [2.24, 2.45) is 0 Å². The quantitative estimate of drug-likeness (QED) is 0.754. The molecule has 2 heterocycles. The van der Waals surface area contributed by atoms with E-state index < -0.39 is 5.97 Å². The number of carbonyl (C=O) groups excluding carboxylic acids is 2. The van der Waals surface area contributed by atoms with Crippen molar-refractivity contribution in [3.8, 4) is 0 Å². The normalized spacial score (nSPS) is 14.4. The largest absolute Gasteiger partial charge is 0.451 e. The summed E-state index contributed by atoms with van der Waals surface area (Å²) in [6, 6.07) is 10.1. The van der Waals surface area contributed by atoms with Gasteiger partial charge in [0.2, 0.25) is 0 Å². The first-order valence-corrected chi connectivity index (χ1v) is 9.02. The molecule has 0 saturated carbocycles. The number of amides is 1. The molecule has 0 aliphatic carbocycles. The van der Waals surface area contributed by atoms with Gasteiger partial charge >= 0.3 is 5.97 Å². The summed E-state index contributed by atoms with van der Waals surface area (Å²) in [6.45, 7) is 4.42. The van der Waals surface area contributed by atoms with E-state index in [1.807, 2.05) is 25.1 Å². The molecule has 2 aromatic rings. The molecule has 0 atom stereocenters. The Labute approximate surface area is 150 Å². The van der Waals surface area contributed by atoms with Crippen molar-refractivity contribution in [2.75, 3.05) is 37.7 Å². The van der Waals surface area contributed by atoms with Gasteiger partial charge in [-0.05, 0) is 30.1 Å². The molecule has 0 N–H and O–H groups in total. The average molecular weight is 360 g/mol. The van der Waals surface area contributed by atoms with E-state index in [0.29, 0.717) is 30.1 Å². The van der Waals surface area contributed by atoms with Gasteiger partial charge < -0.3 is 14.5 Å². The molecule has 25 heavy (non-hydrogen) atoms. The Morgan fingerprint density at radius 1 is 1.16 bits per heavy atom. The first-order valence-electron chi connectivity index (χ1n) is 8.25. The lowest BCUT2D eigenvalue weighted by Gasteiger charge is -2.36. The Balaban J connectivity index is 1.47. The summed E-state index contributed by atoms with van der Waals surface area (Å²) in [6.07, 6.45) is 0.607. The van der Waals surface area contributed by atoms with Gasteiger partial charge in [0.05, 0.1) is 5.69 Å². The molecule has 3 rings (SSSR count). The number of carbonyl (C=O) groups is 2. The second kappa shape index (κ2) is 8.06. The predicted octanol–water partition coefficient (Wildman–Crippen LogP) is 1.61. The fourth-order valence-corrected chi connectivity index (χ4v) is 3.38. The lowest BCUT2D eigenvalue weighted by Crippen LogP contribution is -2.49. The third-order valence-electron chi connectivity index (χ3n) is 4.16. The highest BCUT2D eigenvalue weighted by Crippen LogP contribution is 2.16. The number of nitrogens with zero attached hydrogens (tertiary/aromatic N) is 4. The minimum Gasteiger partial charge on any atom is -0.451 e. The minimum absolute atomic E-state index is 0.170. The molecular formula is C17H20N4O3S. The van der Waals surface area contributed by atoms with Crippen LogP contribution in [-0.4, -0.2) is 59.1 Å². The number of rotatable bonds is 5. The van der Waals surface area contributed by atoms with Crippen LogP contribution in [0, 0.1) is 0 Å². The first kappa shape index (κ1) is 17.3. The van der Waals surface area contributed by atoms with Crippen LogP contribution in [-0.2, 0) is 16.0 Å². The molecule has 7 nitrogen and oxygen atoms in total. The molecule has 1 fully saturated rings. The van der Waals surface area contributed by atoms with Gasteiger partial charge in [-0.25, -0.2) is 4.79 Å². The highest BCUT2D eigenvalue weighted by atomic mass is 32.1. The molecule has 1 aliphatic rings. The maximum Gasteiger partial charge on any atom is 0.352 e. The van der Waals surface area contributed by atoms with Crippen LogP contribution in [0.4, 0.5) is 5.69 Å². The predicted molar refractivity (Wildman–Crippen MR) is 94.8 cm³/mol. The highest BCUT2D eigenvalue weighted by Gasteiger charge is 2.23. The maximum absolute atomic E-state index is 12.3. The molecule has 0 spiro atoms. The summed E-state index contributed by atoms with van der Waals surface area (Å²) in [7, 11) is 0. The number of hydrogen-bond acceptors (Lipinski definition) is 7. The van der Waals surface area contributed by atoms with Crippen molar-refractivity contribution in [1.82, 2.24) is 14.5 Å². The Bertz CT molecular complexity index is 727. The average Bonchev–Trinajstić information content (AvgIpc) is 3.15. The van der Waals surface area contributed by atoms with E-state index >= 15 is 0 Å². The van der Waals surface area contributed by atoms with Gasteiger partial charge in [0.15, 0.2) is 11.5 Å². The van der Waals surface area contributed by atoms with E-state index in [2.05, 4.69) is 26.6 Å². The Morgan fingerprint density at radius 2 is 1.88 bits per heavy atom. The van der Waals surface area contributed by atoms with Crippen molar-refractivity contribution in [3.05, 3.63) is 40.9 Å². The number of anilines is 1. The van der Waals surface area contributed by atoms with E-state index in [9.17, 15) is 9.59 Å². The summed E-state index contributed by atoms with van der Waals surface area (Å²) < 4.78 is 8.90. The minimum atomic E-state index is -0.525. The summed E-state index contributed by atoms with van der Waals surface area (Å²) in [5, 5.41) is 3.88. The van der Waals surface area contributed by atoms with Crippen LogP contribution in [0.1, 0.15) is 22.3 Å². The van der Waals surface area contributed by atoms with Crippen LogP contribution in [0.25, 0.3) is 0 Å². The van der Waals surface area contributed by atoms with Crippen molar-refractivity contribution in [2.45, 2.75) is 13.3 Å². The molecule has 0 unspecified atom stereocenters. The summed E-state index contributed by atoms with van der Waals surface area (Å²) in [5.41, 5.74) is 1.77. The Hall–Kier alpha value is -2.48. The van der Waals surface area contributed by atoms with E-state index in [1.54, 1.807) is 4.90 Å². The fraction of sp³-hybridized carbons (Fsp3) is 0.412. The zero-order chi connectivity index (χ0) is 17.6. The van der Waals surface area contributed by atoms with E-state index in [1.165, 1.54) is 0 Å². The number of aryl methyl sites for hydroxylation is 1. The van der Waals surface area contributed by atoms with Gasteiger partial charge in [-0.2, -0.15) is 0 Å². The molecule has 1 aromatic carbocycles. The van der Waals surface area contributed by atoms with Crippen molar-refractivity contribution in [1.29, 1.82) is 0 Å². The van der Waals surface area contributed by atoms with E-state index in [4.69, 9.17) is 4.74 Å². The van der Waals surface area contributed by atoms with Crippen LogP contribution < -0.4 is 4.90 Å². The number of piperazine rings is 1. The SMILES string of the molecule is CCc1nnsc1C(=O)OCC(=O)N1CCN(c2ccccc2)CC1. The number of benzene rings is 1. The molecule has 1 aromatic heterocycles. The Kier molecular flexibility index (Phi) is 5.60. The first-order chi connectivity index (χ1) is 12.2. The van der Waals surface area contributed by atoms with Crippen LogP contribution >= 0.6 is 11.5 Å². The smallest absolute Gasteiger partial charge is 0.352 e. The van der Waals surface area contributed by atoms with Gasteiger partial charge in [0.25, 0.3) is 5.91 Å². The summed E-state index contributed by atoms with van der Waals surface area (Å²) in [5.74, 6) is -0.695. The number of aromatic nitrogens is 2. The molecule has 0 radical (unpaired) electrons. The van der Waals surface area contributed by atoms with Crippen LogP contribution in [0.15, 0.2) is 30.3 Å². The second-order valence-corrected chi connectivity index (χ2v) is 6.44. The number of para-hydroxylation sites is 1. The molecule has 132 valence electrons. The molecule has 0 bridgehead atoms. The zero-order valence-electron chi connectivity index (χ0n) is 14.1. The van der Waals surface area contributed by atoms with Crippen molar-refractivity contribution >= 4 is 29.1 Å². The topological polar surface area (TPSA) is 75.6 Å². The molecule has 1 aliphatic heterocycles. The zero-order valence-corrected chi connectivity index (χ0v) is 14.9. The molecule has 1 saturated heterocycles. The van der Waals surface area contributed by atoms with Gasteiger partial charge in [-0.15, -0.1) is 5.10 Å². The molecular weight excluding hydrogens is 340 g/mol. The van der Waals surface area contributed by atoms with Crippen LogP contribution in [0.2, 0.25) is 0 Å². The van der Waals surface area contributed by atoms with Crippen LogP contribution in [0.3, 0.4) is 0 Å². The fourth-order valence-electron chi connectivity index (χ4n) is 2.73. The van der Waals surface area contributed by atoms with E-state index in [0.717, 1.165) is 30.3 Å². The van der Waals surface area contributed by atoms with Crippen LogP contribution in [0.5, 0.6) is 0 Å². The van der Waals surface area contributed by atoms with Gasteiger partial charge in [-0.1, -0.05) is 29.6 Å². The lowest BCUT2D eigenvalue weighted by molar-refractivity contribution is -0.134. The van der Waals surface area contributed by atoms with E-state index in [-0.39, 0.29) is 12.5 Å². The summed E-state index contributed by atoms with van der Waals surface area (Å²) >= 11 is 1.00. The number of esters is 1. The van der Waals surface area contributed by atoms with Gasteiger partial charge in [-0.3, -0.25) is 4.79 Å². The Morgan fingerprint density at radius 3 is 2.56 bits per heavy atom. The molecule has 1 amide bonds. The summed E-state index contributed by atoms with van der Waals surface area (Å²) in [4.78, 5) is 28.7. The standard InChI is InChI=1S/C17H20N4O3S/c1-2-14-16(25-19-18-14)17(23)24-12-15(22)21-10-8-20(9-11-21)13-6-4-3-5-7-13/h3-7H,2,8-12H2,1H3. The third kappa shape index (κ3) is 4.14. The highest BCUT2D eigenvalue weighted by molar-refractivity contribution is 7.07.